The van der Waals surface area contributed by atoms with Gasteiger partial charge in [-0.15, -0.1) is 0 Å². The lowest BCUT2D eigenvalue weighted by molar-refractivity contribution is -0.136. The van der Waals surface area contributed by atoms with Crippen LogP contribution in [0, 0.1) is 0 Å². The van der Waals surface area contributed by atoms with Crippen LogP contribution in [0.2, 0.25) is 5.02 Å². The molecule has 2 amide bonds. The van der Waals surface area contributed by atoms with E-state index in [1.54, 1.807) is 36.4 Å². The van der Waals surface area contributed by atoms with E-state index in [-0.39, 0.29) is 0 Å². The molecule has 0 aliphatic heterocycles. The van der Waals surface area contributed by atoms with E-state index >= 15 is 0 Å². The fraction of sp³-hybridized carbons (Fsp3) is 0.0625. The van der Waals surface area contributed by atoms with Gasteiger partial charge in [0.25, 0.3) is 0 Å². The summed E-state index contributed by atoms with van der Waals surface area (Å²) in [4.78, 5) is 23.4. The molecule has 2 aromatic carbocycles. The number of nitrogens with zero attached hydrogens (tertiary/aromatic N) is 1. The van der Waals surface area contributed by atoms with Gasteiger partial charge in [0.15, 0.2) is 0 Å². The maximum absolute atomic E-state index is 11.7. The van der Waals surface area contributed by atoms with Crippen LogP contribution in [0.5, 0.6) is 5.75 Å². The molecule has 118 valence electrons. The fourth-order valence-electron chi connectivity index (χ4n) is 1.74. The van der Waals surface area contributed by atoms with Gasteiger partial charge in [0.2, 0.25) is 0 Å². The van der Waals surface area contributed by atoms with Crippen molar-refractivity contribution in [2.45, 2.75) is 0 Å². The van der Waals surface area contributed by atoms with Gasteiger partial charge in [0.1, 0.15) is 5.75 Å². The predicted octanol–water partition coefficient (Wildman–Crippen LogP) is 2.44. The highest BCUT2D eigenvalue weighted by Gasteiger charge is 2.12. The summed E-state index contributed by atoms with van der Waals surface area (Å²) in [6.45, 7) is 0. The van der Waals surface area contributed by atoms with Gasteiger partial charge in [-0.05, 0) is 30.3 Å². The molecule has 7 heteroatoms. The van der Waals surface area contributed by atoms with E-state index in [1.807, 2.05) is 6.07 Å². The number of nitrogens with one attached hydrogen (secondary N) is 2. The molecule has 0 atom stereocenters. The maximum Gasteiger partial charge on any atom is 0.329 e. The van der Waals surface area contributed by atoms with Gasteiger partial charge in [0, 0.05) is 16.3 Å². The van der Waals surface area contributed by atoms with Crippen LogP contribution in [-0.2, 0) is 9.59 Å². The third-order valence-electron chi connectivity index (χ3n) is 2.80. The minimum atomic E-state index is -0.892. The van der Waals surface area contributed by atoms with Gasteiger partial charge in [0.05, 0.1) is 13.3 Å². The quantitative estimate of drug-likeness (QED) is 0.513. The maximum atomic E-state index is 11.7. The number of para-hydroxylation sites is 1. The van der Waals surface area contributed by atoms with Crippen LogP contribution in [-0.4, -0.2) is 25.1 Å². The zero-order valence-corrected chi connectivity index (χ0v) is 13.0. The molecule has 0 radical (unpaired) electrons. The monoisotopic (exact) mass is 331 g/mol. The molecule has 2 aromatic rings. The van der Waals surface area contributed by atoms with E-state index in [0.717, 1.165) is 0 Å². The van der Waals surface area contributed by atoms with E-state index in [0.29, 0.717) is 22.0 Å². The first kappa shape index (κ1) is 16.5. The highest BCUT2D eigenvalue weighted by molar-refractivity contribution is 6.39. The minimum absolute atomic E-state index is 0.423. The Labute approximate surface area is 138 Å². The Morgan fingerprint density at radius 1 is 1.13 bits per heavy atom. The number of benzene rings is 2. The second kappa shape index (κ2) is 7.95. The van der Waals surface area contributed by atoms with Gasteiger partial charge in [-0.25, -0.2) is 5.43 Å². The molecule has 0 aliphatic rings. The lowest BCUT2D eigenvalue weighted by atomic mass is 10.2. The number of methoxy groups -OCH3 is 1. The van der Waals surface area contributed by atoms with Crippen molar-refractivity contribution in [1.82, 2.24) is 5.43 Å². The number of anilines is 1. The molecule has 0 aliphatic carbocycles. The average molecular weight is 332 g/mol. The summed E-state index contributed by atoms with van der Waals surface area (Å²) in [5.41, 5.74) is 3.24. The molecule has 23 heavy (non-hydrogen) atoms. The number of rotatable bonds is 4. The summed E-state index contributed by atoms with van der Waals surface area (Å²) in [6.07, 6.45) is 1.39. The van der Waals surface area contributed by atoms with Crippen LogP contribution in [0.4, 0.5) is 5.69 Å². The smallest absolute Gasteiger partial charge is 0.329 e. The molecule has 0 saturated carbocycles. The minimum Gasteiger partial charge on any atom is -0.496 e. The van der Waals surface area contributed by atoms with Gasteiger partial charge in [-0.1, -0.05) is 29.8 Å². The standard InChI is InChI=1S/C16H14ClN3O3/c1-23-14-8-3-2-5-11(14)10-18-20-16(22)15(21)19-13-7-4-6-12(17)9-13/h2-10H,1H3,(H,19,21)(H,20,22)/b18-10-. The number of hydrazone groups is 1. The largest absolute Gasteiger partial charge is 0.496 e. The van der Waals surface area contributed by atoms with Crippen molar-refractivity contribution >= 4 is 35.3 Å². The van der Waals surface area contributed by atoms with E-state index < -0.39 is 11.8 Å². The van der Waals surface area contributed by atoms with Gasteiger partial charge in [-0.3, -0.25) is 9.59 Å². The highest BCUT2D eigenvalue weighted by Crippen LogP contribution is 2.15. The molecule has 0 spiro atoms. The van der Waals surface area contributed by atoms with Gasteiger partial charge < -0.3 is 10.1 Å². The number of carbonyl (C=O) groups is 2. The van der Waals surface area contributed by atoms with Crippen molar-refractivity contribution < 1.29 is 14.3 Å². The number of ether oxygens (including phenoxy) is 1. The summed E-state index contributed by atoms with van der Waals surface area (Å²) < 4.78 is 5.14. The lowest BCUT2D eigenvalue weighted by Crippen LogP contribution is -2.32. The first-order chi connectivity index (χ1) is 11.1. The Kier molecular flexibility index (Phi) is 5.71. The molecule has 2 N–H and O–H groups in total. The first-order valence-corrected chi connectivity index (χ1v) is 7.01. The number of amides is 2. The van der Waals surface area contributed by atoms with Crippen LogP contribution in [0.15, 0.2) is 53.6 Å². The number of carbonyl (C=O) groups excluding carboxylic acids is 2. The van der Waals surface area contributed by atoms with E-state index in [4.69, 9.17) is 16.3 Å². The Balaban J connectivity index is 1.93. The zero-order valence-electron chi connectivity index (χ0n) is 12.2. The van der Waals surface area contributed by atoms with Crippen molar-refractivity contribution in [3.05, 3.63) is 59.1 Å². The van der Waals surface area contributed by atoms with Crippen molar-refractivity contribution in [3.63, 3.8) is 0 Å². The van der Waals surface area contributed by atoms with E-state index in [2.05, 4.69) is 15.8 Å². The van der Waals surface area contributed by atoms with Crippen molar-refractivity contribution in [3.8, 4) is 5.75 Å². The third-order valence-corrected chi connectivity index (χ3v) is 3.03. The van der Waals surface area contributed by atoms with Crippen LogP contribution in [0.3, 0.4) is 0 Å². The van der Waals surface area contributed by atoms with Gasteiger partial charge in [-0.2, -0.15) is 5.10 Å². The summed E-state index contributed by atoms with van der Waals surface area (Å²) >= 11 is 5.80. The van der Waals surface area contributed by atoms with Crippen LogP contribution in [0.25, 0.3) is 0 Å². The lowest BCUT2D eigenvalue weighted by Gasteiger charge is -2.05. The Morgan fingerprint density at radius 3 is 2.65 bits per heavy atom. The average Bonchev–Trinajstić information content (AvgIpc) is 2.55. The van der Waals surface area contributed by atoms with Crippen molar-refractivity contribution in [2.24, 2.45) is 5.10 Å². The molecule has 0 aromatic heterocycles. The SMILES string of the molecule is COc1ccccc1/C=N\NC(=O)C(=O)Nc1cccc(Cl)c1. The Morgan fingerprint density at radius 2 is 1.91 bits per heavy atom. The molecular weight excluding hydrogens is 318 g/mol. The van der Waals surface area contributed by atoms with Crippen molar-refractivity contribution in [2.75, 3.05) is 12.4 Å². The van der Waals surface area contributed by atoms with Crippen LogP contribution >= 0.6 is 11.6 Å². The highest BCUT2D eigenvalue weighted by atomic mass is 35.5. The molecule has 0 saturated heterocycles. The molecule has 0 unspecified atom stereocenters. The molecular formula is C16H14ClN3O3. The first-order valence-electron chi connectivity index (χ1n) is 6.63. The molecule has 0 fully saturated rings. The number of hydrogen-bond acceptors (Lipinski definition) is 4. The van der Waals surface area contributed by atoms with Gasteiger partial charge >= 0.3 is 11.8 Å². The van der Waals surface area contributed by atoms with E-state index in [1.165, 1.54) is 19.4 Å². The topological polar surface area (TPSA) is 79.8 Å². The van der Waals surface area contributed by atoms with Crippen LogP contribution in [0.1, 0.15) is 5.56 Å². The summed E-state index contributed by atoms with van der Waals surface area (Å²) in [7, 11) is 1.53. The predicted molar refractivity (Wildman–Crippen MR) is 88.8 cm³/mol. The second-order valence-electron chi connectivity index (χ2n) is 4.41. The Hall–Kier alpha value is -2.86. The molecule has 2 rings (SSSR count). The number of hydrogen-bond donors (Lipinski definition) is 2. The molecule has 0 bridgehead atoms. The number of halogens is 1. The van der Waals surface area contributed by atoms with E-state index in [9.17, 15) is 9.59 Å². The summed E-state index contributed by atoms with van der Waals surface area (Å²) in [5.74, 6) is -1.13. The fourth-order valence-corrected chi connectivity index (χ4v) is 1.93. The van der Waals surface area contributed by atoms with Crippen molar-refractivity contribution in [1.29, 1.82) is 0 Å². The normalized spacial score (nSPS) is 10.3. The molecule has 6 nitrogen and oxygen atoms in total. The second-order valence-corrected chi connectivity index (χ2v) is 4.84. The van der Waals surface area contributed by atoms with Crippen LogP contribution < -0.4 is 15.5 Å². The molecule has 0 heterocycles. The summed E-state index contributed by atoms with van der Waals surface area (Å²) in [5, 5.41) is 6.61. The Bertz CT molecular complexity index is 747. The zero-order chi connectivity index (χ0) is 16.7. The third kappa shape index (κ3) is 4.82. The summed E-state index contributed by atoms with van der Waals surface area (Å²) in [6, 6.07) is 13.6.